The second-order valence-corrected chi connectivity index (χ2v) is 7.41. The molecule has 2 aromatic heterocycles. The van der Waals surface area contributed by atoms with E-state index in [-0.39, 0.29) is 5.78 Å². The summed E-state index contributed by atoms with van der Waals surface area (Å²) >= 11 is 7.21. The number of carbonyl (C=O) groups excluding carboxylic acids is 1. The fraction of sp³-hybridized carbons (Fsp3) is 0.0476. The molecule has 0 saturated heterocycles. The molecule has 2 heterocycles. The molecular weight excluding hydrogens is 392 g/mol. The minimum absolute atomic E-state index is 0.0294. The molecule has 138 valence electrons. The molecule has 0 aliphatic carbocycles. The molecule has 0 atom stereocenters. The third kappa shape index (κ3) is 4.30. The van der Waals surface area contributed by atoms with Crippen LogP contribution in [0.4, 0.5) is 0 Å². The lowest BCUT2D eigenvalue weighted by molar-refractivity contribution is 0.102. The monoisotopic (exact) mass is 406 g/mol. The number of carbonyl (C=O) groups is 1. The van der Waals surface area contributed by atoms with Crippen molar-refractivity contribution in [3.05, 3.63) is 89.7 Å². The molecule has 4 aromatic rings. The summed E-state index contributed by atoms with van der Waals surface area (Å²) in [6.07, 6.45) is 3.64. The highest BCUT2D eigenvalue weighted by atomic mass is 35.5. The van der Waals surface area contributed by atoms with Gasteiger partial charge in [0.05, 0.1) is 17.1 Å². The standard InChI is InChI=1S/C21H15ClN4OS/c22-17-6-2-16(3-7-17)20(27)14-28-21-11-10-19(24-25-21)15-4-8-18(9-5-15)26-13-1-12-23-26/h1-13H,14H2. The van der Waals surface area contributed by atoms with E-state index in [1.54, 1.807) is 35.1 Å². The van der Waals surface area contributed by atoms with E-state index in [0.717, 1.165) is 16.9 Å². The Morgan fingerprint density at radius 2 is 1.75 bits per heavy atom. The van der Waals surface area contributed by atoms with Crippen molar-refractivity contribution in [3.8, 4) is 16.9 Å². The lowest BCUT2D eigenvalue weighted by Gasteiger charge is -2.05. The largest absolute Gasteiger partial charge is 0.293 e. The Bertz CT molecular complexity index is 1060. The molecule has 0 saturated carbocycles. The average molecular weight is 407 g/mol. The quantitative estimate of drug-likeness (QED) is 0.334. The topological polar surface area (TPSA) is 60.7 Å². The number of hydrogen-bond donors (Lipinski definition) is 0. The predicted octanol–water partition coefficient (Wildman–Crippen LogP) is 4.96. The first-order chi connectivity index (χ1) is 13.7. The number of Topliss-reactive ketones (excluding diaryl/α,β-unsaturated/α-hetero) is 1. The maximum absolute atomic E-state index is 12.2. The minimum atomic E-state index is 0.0294. The van der Waals surface area contributed by atoms with Crippen molar-refractivity contribution < 1.29 is 4.79 Å². The van der Waals surface area contributed by atoms with E-state index >= 15 is 0 Å². The Balaban J connectivity index is 1.39. The maximum Gasteiger partial charge on any atom is 0.173 e. The van der Waals surface area contributed by atoms with Gasteiger partial charge in [0, 0.05) is 28.5 Å². The third-order valence-electron chi connectivity index (χ3n) is 4.09. The maximum atomic E-state index is 12.2. The summed E-state index contributed by atoms with van der Waals surface area (Å²) in [6, 6.07) is 20.5. The lowest BCUT2D eigenvalue weighted by Crippen LogP contribution is -2.02. The number of ketones is 1. The van der Waals surface area contributed by atoms with Gasteiger partial charge >= 0.3 is 0 Å². The second-order valence-electron chi connectivity index (χ2n) is 5.97. The molecule has 0 bridgehead atoms. The van der Waals surface area contributed by atoms with Gasteiger partial charge in [-0.1, -0.05) is 35.5 Å². The van der Waals surface area contributed by atoms with Crippen LogP contribution in [0.5, 0.6) is 0 Å². The fourth-order valence-corrected chi connectivity index (χ4v) is 3.45. The Morgan fingerprint density at radius 1 is 0.964 bits per heavy atom. The van der Waals surface area contributed by atoms with Crippen LogP contribution in [-0.4, -0.2) is 31.5 Å². The van der Waals surface area contributed by atoms with Gasteiger partial charge in [-0.2, -0.15) is 5.10 Å². The second kappa shape index (κ2) is 8.37. The molecular formula is C21H15ClN4OS. The third-order valence-corrected chi connectivity index (χ3v) is 5.26. The molecule has 0 radical (unpaired) electrons. The van der Waals surface area contributed by atoms with Crippen LogP contribution in [0.1, 0.15) is 10.4 Å². The first-order valence-electron chi connectivity index (χ1n) is 8.55. The van der Waals surface area contributed by atoms with E-state index < -0.39 is 0 Å². The van der Waals surface area contributed by atoms with E-state index in [4.69, 9.17) is 11.6 Å². The number of halogens is 1. The van der Waals surface area contributed by atoms with Gasteiger partial charge in [-0.05, 0) is 54.6 Å². The molecule has 7 heteroatoms. The predicted molar refractivity (Wildman–Crippen MR) is 111 cm³/mol. The van der Waals surface area contributed by atoms with Crippen LogP contribution in [-0.2, 0) is 0 Å². The van der Waals surface area contributed by atoms with Crippen LogP contribution in [0, 0.1) is 0 Å². The summed E-state index contributed by atoms with van der Waals surface area (Å²) in [5, 5.41) is 14.0. The zero-order valence-corrected chi connectivity index (χ0v) is 16.3. The number of rotatable bonds is 6. The number of thioether (sulfide) groups is 1. The van der Waals surface area contributed by atoms with Gasteiger partial charge < -0.3 is 0 Å². The van der Waals surface area contributed by atoms with Gasteiger partial charge in [-0.3, -0.25) is 4.79 Å². The van der Waals surface area contributed by atoms with E-state index in [1.807, 2.05) is 48.7 Å². The number of hydrogen-bond acceptors (Lipinski definition) is 5. The molecule has 0 spiro atoms. The van der Waals surface area contributed by atoms with Crippen LogP contribution >= 0.6 is 23.4 Å². The summed E-state index contributed by atoms with van der Waals surface area (Å²) < 4.78 is 1.80. The molecule has 2 aromatic carbocycles. The average Bonchev–Trinajstić information content (AvgIpc) is 3.28. The van der Waals surface area contributed by atoms with Crippen LogP contribution in [0.15, 0.2) is 84.1 Å². The number of nitrogens with zero attached hydrogens (tertiary/aromatic N) is 4. The summed E-state index contributed by atoms with van der Waals surface area (Å²) in [5.41, 5.74) is 3.37. The zero-order chi connectivity index (χ0) is 19.3. The van der Waals surface area contributed by atoms with Crippen molar-refractivity contribution >= 4 is 29.1 Å². The highest BCUT2D eigenvalue weighted by molar-refractivity contribution is 7.99. The molecule has 0 fully saturated rings. The number of aromatic nitrogens is 4. The minimum Gasteiger partial charge on any atom is -0.293 e. The highest BCUT2D eigenvalue weighted by Crippen LogP contribution is 2.22. The van der Waals surface area contributed by atoms with Gasteiger partial charge in [0.15, 0.2) is 5.78 Å². The summed E-state index contributed by atoms with van der Waals surface area (Å²) in [4.78, 5) is 12.2. The van der Waals surface area contributed by atoms with Crippen LogP contribution in [0.2, 0.25) is 5.02 Å². The molecule has 0 unspecified atom stereocenters. The SMILES string of the molecule is O=C(CSc1ccc(-c2ccc(-n3cccn3)cc2)nn1)c1ccc(Cl)cc1. The Hall–Kier alpha value is -2.96. The van der Waals surface area contributed by atoms with Crippen molar-refractivity contribution in [1.29, 1.82) is 0 Å². The van der Waals surface area contributed by atoms with Gasteiger partial charge in [0.2, 0.25) is 0 Å². The van der Waals surface area contributed by atoms with Gasteiger partial charge in [-0.25, -0.2) is 4.68 Å². The van der Waals surface area contributed by atoms with Crippen LogP contribution < -0.4 is 0 Å². The number of benzene rings is 2. The molecule has 28 heavy (non-hydrogen) atoms. The molecule has 0 aliphatic rings. The van der Waals surface area contributed by atoms with Crippen molar-refractivity contribution in [3.63, 3.8) is 0 Å². The lowest BCUT2D eigenvalue weighted by atomic mass is 10.1. The van der Waals surface area contributed by atoms with Crippen LogP contribution in [0.3, 0.4) is 0 Å². The van der Waals surface area contributed by atoms with Crippen molar-refractivity contribution in [2.75, 3.05) is 5.75 Å². The van der Waals surface area contributed by atoms with Gasteiger partial charge in [-0.15, -0.1) is 10.2 Å². The Morgan fingerprint density at radius 3 is 2.39 bits per heavy atom. The summed E-state index contributed by atoms with van der Waals surface area (Å²) in [6.45, 7) is 0. The normalized spacial score (nSPS) is 10.8. The van der Waals surface area contributed by atoms with Gasteiger partial charge in [0.1, 0.15) is 5.03 Å². The molecule has 5 nitrogen and oxygen atoms in total. The van der Waals surface area contributed by atoms with E-state index in [1.165, 1.54) is 11.8 Å². The molecule has 0 aliphatic heterocycles. The Kier molecular flexibility index (Phi) is 5.50. The van der Waals surface area contributed by atoms with Crippen LogP contribution in [0.25, 0.3) is 16.9 Å². The van der Waals surface area contributed by atoms with E-state index in [9.17, 15) is 4.79 Å². The van der Waals surface area contributed by atoms with Crippen molar-refractivity contribution in [2.24, 2.45) is 0 Å². The van der Waals surface area contributed by atoms with Gasteiger partial charge in [0.25, 0.3) is 0 Å². The molecule has 4 rings (SSSR count). The van der Waals surface area contributed by atoms with E-state index in [0.29, 0.717) is 21.4 Å². The summed E-state index contributed by atoms with van der Waals surface area (Å²) in [7, 11) is 0. The molecule has 0 N–H and O–H groups in total. The van der Waals surface area contributed by atoms with E-state index in [2.05, 4.69) is 15.3 Å². The van der Waals surface area contributed by atoms with Crippen molar-refractivity contribution in [2.45, 2.75) is 5.03 Å². The smallest absolute Gasteiger partial charge is 0.173 e. The zero-order valence-electron chi connectivity index (χ0n) is 14.7. The fourth-order valence-electron chi connectivity index (χ4n) is 2.62. The Labute approximate surface area is 171 Å². The summed E-state index contributed by atoms with van der Waals surface area (Å²) in [5.74, 6) is 0.329. The first-order valence-corrected chi connectivity index (χ1v) is 9.91. The highest BCUT2D eigenvalue weighted by Gasteiger charge is 2.08. The van der Waals surface area contributed by atoms with Crippen molar-refractivity contribution in [1.82, 2.24) is 20.0 Å². The first kappa shape index (κ1) is 18.4. The molecule has 0 amide bonds.